The first-order chi connectivity index (χ1) is 11.0. The summed E-state index contributed by atoms with van der Waals surface area (Å²) >= 11 is 0. The molecule has 3 rings (SSSR count). The summed E-state index contributed by atoms with van der Waals surface area (Å²) in [6, 6.07) is 0. The molecular formula is C17H25N5O. The molecule has 0 bridgehead atoms. The lowest BCUT2D eigenvalue weighted by atomic mass is 9.98. The molecule has 0 aromatic carbocycles. The molecule has 2 aromatic rings. The lowest BCUT2D eigenvalue weighted by molar-refractivity contribution is -0.132. The number of likely N-dealkylation sites (tertiary alicyclic amines) is 1. The summed E-state index contributed by atoms with van der Waals surface area (Å²) in [5, 5.41) is 4.39. The van der Waals surface area contributed by atoms with E-state index in [2.05, 4.69) is 22.0 Å². The van der Waals surface area contributed by atoms with Crippen LogP contribution < -0.4 is 0 Å². The van der Waals surface area contributed by atoms with E-state index in [4.69, 9.17) is 0 Å². The zero-order valence-corrected chi connectivity index (χ0v) is 14.5. The number of aryl methyl sites for hydroxylation is 3. The van der Waals surface area contributed by atoms with Crippen molar-refractivity contribution in [2.75, 3.05) is 13.1 Å². The molecule has 0 spiro atoms. The second-order valence-electron chi connectivity index (χ2n) is 6.70. The molecule has 0 radical (unpaired) electrons. The van der Waals surface area contributed by atoms with Crippen molar-refractivity contribution in [1.29, 1.82) is 0 Å². The van der Waals surface area contributed by atoms with Crippen LogP contribution in [0.25, 0.3) is 5.78 Å². The molecule has 0 aliphatic carbocycles. The smallest absolute Gasteiger partial charge is 0.252 e. The van der Waals surface area contributed by atoms with E-state index in [0.29, 0.717) is 18.6 Å². The summed E-state index contributed by atoms with van der Waals surface area (Å²) in [6.45, 7) is 9.94. The van der Waals surface area contributed by atoms with Gasteiger partial charge in [-0.3, -0.25) is 4.79 Å². The van der Waals surface area contributed by atoms with E-state index >= 15 is 0 Å². The molecule has 1 saturated heterocycles. The first-order valence-electron chi connectivity index (χ1n) is 8.43. The van der Waals surface area contributed by atoms with Gasteiger partial charge in [0.1, 0.15) is 5.82 Å². The van der Waals surface area contributed by atoms with Crippen molar-refractivity contribution < 1.29 is 4.79 Å². The number of nitrogens with zero attached hydrogens (tertiary/aromatic N) is 5. The fraction of sp³-hybridized carbons (Fsp3) is 0.647. The molecule has 6 nitrogen and oxygen atoms in total. The SMILES string of the molecule is Cc1nc2nc(C)c(CCC(=O)N3CCC(C)CC3)c(C)n2n1. The summed E-state index contributed by atoms with van der Waals surface area (Å²) in [6.07, 6.45) is 3.49. The molecule has 1 fully saturated rings. The zero-order chi connectivity index (χ0) is 16.6. The van der Waals surface area contributed by atoms with Gasteiger partial charge in [0, 0.05) is 30.9 Å². The minimum atomic E-state index is 0.255. The summed E-state index contributed by atoms with van der Waals surface area (Å²) in [7, 11) is 0. The van der Waals surface area contributed by atoms with Crippen molar-refractivity contribution in [3.63, 3.8) is 0 Å². The Morgan fingerprint density at radius 2 is 1.87 bits per heavy atom. The maximum atomic E-state index is 12.4. The molecule has 124 valence electrons. The minimum Gasteiger partial charge on any atom is -0.343 e. The Morgan fingerprint density at radius 3 is 2.57 bits per heavy atom. The van der Waals surface area contributed by atoms with Crippen LogP contribution in [0.4, 0.5) is 0 Å². The second-order valence-corrected chi connectivity index (χ2v) is 6.70. The van der Waals surface area contributed by atoms with Gasteiger partial charge in [0.2, 0.25) is 5.91 Å². The molecular weight excluding hydrogens is 290 g/mol. The van der Waals surface area contributed by atoms with Gasteiger partial charge >= 0.3 is 0 Å². The monoisotopic (exact) mass is 315 g/mol. The third-order valence-electron chi connectivity index (χ3n) is 4.88. The van der Waals surface area contributed by atoms with Gasteiger partial charge in [-0.25, -0.2) is 9.50 Å². The molecule has 0 unspecified atom stereocenters. The second kappa shape index (κ2) is 6.26. The molecule has 3 heterocycles. The number of rotatable bonds is 3. The Morgan fingerprint density at radius 1 is 1.17 bits per heavy atom. The van der Waals surface area contributed by atoms with Gasteiger partial charge in [0.25, 0.3) is 5.78 Å². The third-order valence-corrected chi connectivity index (χ3v) is 4.88. The number of piperidine rings is 1. The number of carbonyl (C=O) groups excluding carboxylic acids is 1. The number of fused-ring (bicyclic) bond motifs is 1. The quantitative estimate of drug-likeness (QED) is 0.871. The average Bonchev–Trinajstić information content (AvgIpc) is 2.88. The Bertz CT molecular complexity index is 728. The number of hydrogen-bond acceptors (Lipinski definition) is 4. The van der Waals surface area contributed by atoms with Gasteiger partial charge in [-0.1, -0.05) is 6.92 Å². The Labute approximate surface area is 136 Å². The zero-order valence-electron chi connectivity index (χ0n) is 14.5. The van der Waals surface area contributed by atoms with Gasteiger partial charge in [0.05, 0.1) is 0 Å². The average molecular weight is 315 g/mol. The van der Waals surface area contributed by atoms with E-state index in [0.717, 1.165) is 54.6 Å². The van der Waals surface area contributed by atoms with Gasteiger partial charge in [-0.2, -0.15) is 10.1 Å². The van der Waals surface area contributed by atoms with Crippen molar-refractivity contribution in [1.82, 2.24) is 24.5 Å². The number of carbonyl (C=O) groups is 1. The Hall–Kier alpha value is -1.98. The van der Waals surface area contributed by atoms with E-state index in [1.165, 1.54) is 0 Å². The molecule has 0 N–H and O–H groups in total. The maximum absolute atomic E-state index is 12.4. The molecule has 1 aliphatic rings. The van der Waals surface area contributed by atoms with Gasteiger partial charge in [-0.05, 0) is 51.5 Å². The van der Waals surface area contributed by atoms with Gasteiger partial charge < -0.3 is 4.90 Å². The fourth-order valence-electron chi connectivity index (χ4n) is 3.32. The summed E-state index contributed by atoms with van der Waals surface area (Å²) in [4.78, 5) is 23.3. The molecule has 6 heteroatoms. The van der Waals surface area contributed by atoms with Crippen molar-refractivity contribution in [2.24, 2.45) is 5.92 Å². The highest BCUT2D eigenvalue weighted by Gasteiger charge is 2.21. The van der Waals surface area contributed by atoms with E-state index in [1.54, 1.807) is 4.52 Å². The first-order valence-corrected chi connectivity index (χ1v) is 8.43. The topological polar surface area (TPSA) is 63.4 Å². The third kappa shape index (κ3) is 3.21. The van der Waals surface area contributed by atoms with E-state index in [-0.39, 0.29) is 5.91 Å². The van der Waals surface area contributed by atoms with Crippen molar-refractivity contribution in [2.45, 2.75) is 53.4 Å². The minimum absolute atomic E-state index is 0.255. The fourth-order valence-corrected chi connectivity index (χ4v) is 3.32. The summed E-state index contributed by atoms with van der Waals surface area (Å²) in [5.74, 6) is 2.35. The summed E-state index contributed by atoms with van der Waals surface area (Å²) in [5.41, 5.74) is 3.09. The van der Waals surface area contributed by atoms with E-state index in [9.17, 15) is 4.79 Å². The highest BCUT2D eigenvalue weighted by molar-refractivity contribution is 5.76. The van der Waals surface area contributed by atoms with Gasteiger partial charge in [-0.15, -0.1) is 0 Å². The van der Waals surface area contributed by atoms with Gasteiger partial charge in [0.15, 0.2) is 0 Å². The van der Waals surface area contributed by atoms with Crippen molar-refractivity contribution >= 4 is 11.7 Å². The molecule has 0 saturated carbocycles. The van der Waals surface area contributed by atoms with Crippen LogP contribution in [0.5, 0.6) is 0 Å². The highest BCUT2D eigenvalue weighted by atomic mass is 16.2. The predicted molar refractivity (Wildman–Crippen MR) is 88.3 cm³/mol. The number of hydrogen-bond donors (Lipinski definition) is 0. The Kier molecular flexibility index (Phi) is 4.33. The molecule has 1 amide bonds. The first kappa shape index (κ1) is 15.9. The predicted octanol–water partition coefficient (Wildman–Crippen LogP) is 2.24. The normalized spacial score (nSPS) is 16.3. The van der Waals surface area contributed by atoms with Crippen LogP contribution in [-0.2, 0) is 11.2 Å². The highest BCUT2D eigenvalue weighted by Crippen LogP contribution is 2.19. The lowest BCUT2D eigenvalue weighted by Gasteiger charge is -2.30. The number of amides is 1. The Balaban J connectivity index is 1.73. The maximum Gasteiger partial charge on any atom is 0.252 e. The van der Waals surface area contributed by atoms with E-state index in [1.807, 2.05) is 25.7 Å². The van der Waals surface area contributed by atoms with Crippen LogP contribution in [-0.4, -0.2) is 43.5 Å². The standard InChI is InChI=1S/C17H25N5O/c1-11-7-9-21(10-8-11)16(23)6-5-15-12(2)18-17-19-14(4)20-22(17)13(15)3/h11H,5-10H2,1-4H3. The van der Waals surface area contributed by atoms with Crippen LogP contribution in [0.2, 0.25) is 0 Å². The van der Waals surface area contributed by atoms with Crippen LogP contribution >= 0.6 is 0 Å². The molecule has 23 heavy (non-hydrogen) atoms. The van der Waals surface area contributed by atoms with Crippen LogP contribution in [0.1, 0.15) is 49.0 Å². The summed E-state index contributed by atoms with van der Waals surface area (Å²) < 4.78 is 1.78. The van der Waals surface area contributed by atoms with Crippen molar-refractivity contribution in [3.05, 3.63) is 22.8 Å². The largest absolute Gasteiger partial charge is 0.343 e. The molecule has 2 aromatic heterocycles. The number of aromatic nitrogens is 4. The van der Waals surface area contributed by atoms with Crippen molar-refractivity contribution in [3.8, 4) is 0 Å². The van der Waals surface area contributed by atoms with Crippen LogP contribution in [0, 0.1) is 26.7 Å². The lowest BCUT2D eigenvalue weighted by Crippen LogP contribution is -2.38. The van der Waals surface area contributed by atoms with E-state index < -0.39 is 0 Å². The molecule has 1 aliphatic heterocycles. The van der Waals surface area contributed by atoms with Crippen LogP contribution in [0.15, 0.2) is 0 Å². The van der Waals surface area contributed by atoms with Crippen LogP contribution in [0.3, 0.4) is 0 Å². The molecule has 0 atom stereocenters.